The first-order chi connectivity index (χ1) is 4.57. The fourth-order valence-corrected chi connectivity index (χ4v) is 1.37. The molecule has 1 N–H and O–H groups in total. The fraction of sp³-hybridized carbons (Fsp3) is 0.857. The van der Waals surface area contributed by atoms with Gasteiger partial charge in [-0.1, -0.05) is 0 Å². The van der Waals surface area contributed by atoms with Crippen molar-refractivity contribution in [2.75, 3.05) is 13.6 Å². The standard InChI is InChI=1S/C7H13NO2/c1-7(6(9)10)4-3-5-8(7)2/h3-5H2,1-2H3,(H,9,10). The van der Waals surface area contributed by atoms with Gasteiger partial charge in [-0.2, -0.15) is 0 Å². The summed E-state index contributed by atoms with van der Waals surface area (Å²) < 4.78 is 0. The van der Waals surface area contributed by atoms with E-state index in [1.165, 1.54) is 0 Å². The van der Waals surface area contributed by atoms with Crippen molar-refractivity contribution in [3.8, 4) is 0 Å². The molecule has 1 fully saturated rings. The Morgan fingerprint density at radius 1 is 1.70 bits per heavy atom. The molecule has 0 aromatic rings. The van der Waals surface area contributed by atoms with E-state index in [4.69, 9.17) is 5.11 Å². The van der Waals surface area contributed by atoms with E-state index in [-0.39, 0.29) is 0 Å². The summed E-state index contributed by atoms with van der Waals surface area (Å²) in [6.07, 6.45) is 1.78. The Kier molecular flexibility index (Phi) is 1.68. The lowest BCUT2D eigenvalue weighted by Gasteiger charge is -2.26. The molecule has 0 aliphatic carbocycles. The second-order valence-corrected chi connectivity index (χ2v) is 3.10. The fourth-order valence-electron chi connectivity index (χ4n) is 1.37. The summed E-state index contributed by atoms with van der Waals surface area (Å²) >= 11 is 0. The number of carboxylic acids is 1. The highest BCUT2D eigenvalue weighted by Crippen LogP contribution is 2.26. The van der Waals surface area contributed by atoms with Crippen molar-refractivity contribution in [3.05, 3.63) is 0 Å². The molecule has 1 heterocycles. The molecule has 0 aromatic carbocycles. The molecule has 0 saturated carbocycles. The van der Waals surface area contributed by atoms with Gasteiger partial charge in [0.05, 0.1) is 0 Å². The normalized spacial score (nSPS) is 34.6. The Hall–Kier alpha value is -0.570. The highest BCUT2D eigenvalue weighted by atomic mass is 16.4. The Morgan fingerprint density at radius 3 is 2.50 bits per heavy atom. The second-order valence-electron chi connectivity index (χ2n) is 3.10. The third-order valence-electron chi connectivity index (χ3n) is 2.46. The number of hydrogen-bond donors (Lipinski definition) is 1. The Bertz CT molecular complexity index is 158. The topological polar surface area (TPSA) is 40.5 Å². The molecule has 1 rings (SSSR count). The van der Waals surface area contributed by atoms with Crippen molar-refractivity contribution in [2.45, 2.75) is 25.3 Å². The molecule has 1 saturated heterocycles. The Balaban J connectivity index is 2.75. The van der Waals surface area contributed by atoms with Crippen LogP contribution in [0.25, 0.3) is 0 Å². The Labute approximate surface area is 60.6 Å². The third kappa shape index (κ3) is 0.904. The Morgan fingerprint density at radius 2 is 2.30 bits per heavy atom. The smallest absolute Gasteiger partial charge is 0.323 e. The number of hydrogen-bond acceptors (Lipinski definition) is 2. The quantitative estimate of drug-likeness (QED) is 0.583. The van der Waals surface area contributed by atoms with Crippen molar-refractivity contribution >= 4 is 5.97 Å². The number of carboxylic acid groups (broad SMARTS) is 1. The van der Waals surface area contributed by atoms with Crippen LogP contribution < -0.4 is 0 Å². The first kappa shape index (κ1) is 7.54. The summed E-state index contributed by atoms with van der Waals surface area (Å²) in [4.78, 5) is 12.6. The predicted molar refractivity (Wildman–Crippen MR) is 37.9 cm³/mol. The van der Waals surface area contributed by atoms with Crippen molar-refractivity contribution in [3.63, 3.8) is 0 Å². The van der Waals surface area contributed by atoms with Crippen LogP contribution in [0.15, 0.2) is 0 Å². The summed E-state index contributed by atoms with van der Waals surface area (Å²) in [5, 5.41) is 8.80. The van der Waals surface area contributed by atoms with Crippen molar-refractivity contribution in [1.82, 2.24) is 4.90 Å². The number of likely N-dealkylation sites (tertiary alicyclic amines) is 1. The van der Waals surface area contributed by atoms with Gasteiger partial charge in [-0.05, 0) is 33.4 Å². The summed E-state index contributed by atoms with van der Waals surface area (Å²) in [6, 6.07) is 0. The van der Waals surface area contributed by atoms with Gasteiger partial charge in [-0.15, -0.1) is 0 Å². The van der Waals surface area contributed by atoms with E-state index in [1.54, 1.807) is 6.92 Å². The average Bonchev–Trinajstić information content (AvgIpc) is 2.15. The maximum Gasteiger partial charge on any atom is 0.323 e. The molecule has 1 atom stereocenters. The van der Waals surface area contributed by atoms with Crippen molar-refractivity contribution < 1.29 is 9.90 Å². The molecule has 0 aromatic heterocycles. The van der Waals surface area contributed by atoms with Crippen molar-refractivity contribution in [1.29, 1.82) is 0 Å². The molecule has 0 bridgehead atoms. The van der Waals surface area contributed by atoms with Crippen LogP contribution in [0, 0.1) is 0 Å². The molecule has 58 valence electrons. The van der Waals surface area contributed by atoms with Crippen LogP contribution in [-0.2, 0) is 4.79 Å². The maximum atomic E-state index is 10.7. The zero-order chi connectivity index (χ0) is 7.78. The van der Waals surface area contributed by atoms with Crippen LogP contribution in [0.1, 0.15) is 19.8 Å². The molecule has 1 unspecified atom stereocenters. The summed E-state index contributed by atoms with van der Waals surface area (Å²) in [5.41, 5.74) is -0.597. The summed E-state index contributed by atoms with van der Waals surface area (Å²) in [6.45, 7) is 2.69. The molecule has 1 aliphatic rings. The predicted octanol–water partition coefficient (Wildman–Crippen LogP) is 0.555. The monoisotopic (exact) mass is 143 g/mol. The summed E-state index contributed by atoms with van der Waals surface area (Å²) in [7, 11) is 1.86. The van der Waals surface area contributed by atoms with Crippen LogP contribution in [-0.4, -0.2) is 35.1 Å². The zero-order valence-corrected chi connectivity index (χ0v) is 6.42. The van der Waals surface area contributed by atoms with Crippen LogP contribution in [0.2, 0.25) is 0 Å². The molecular formula is C7H13NO2. The first-order valence-corrected chi connectivity index (χ1v) is 3.52. The van der Waals surface area contributed by atoms with Gasteiger partial charge in [-0.3, -0.25) is 9.69 Å². The lowest BCUT2D eigenvalue weighted by atomic mass is 10.0. The van der Waals surface area contributed by atoms with Crippen LogP contribution >= 0.6 is 0 Å². The molecule has 0 radical (unpaired) electrons. The molecular weight excluding hydrogens is 130 g/mol. The van der Waals surface area contributed by atoms with Gasteiger partial charge in [0.15, 0.2) is 0 Å². The van der Waals surface area contributed by atoms with Crippen molar-refractivity contribution in [2.24, 2.45) is 0 Å². The molecule has 1 aliphatic heterocycles. The van der Waals surface area contributed by atoms with Gasteiger partial charge in [0.1, 0.15) is 5.54 Å². The number of aliphatic carboxylic acids is 1. The maximum absolute atomic E-state index is 10.7. The van der Waals surface area contributed by atoms with E-state index in [2.05, 4.69) is 0 Å². The van der Waals surface area contributed by atoms with Gasteiger partial charge < -0.3 is 5.11 Å². The largest absolute Gasteiger partial charge is 0.480 e. The highest BCUT2D eigenvalue weighted by molar-refractivity contribution is 5.78. The average molecular weight is 143 g/mol. The minimum atomic E-state index is -0.701. The zero-order valence-electron chi connectivity index (χ0n) is 6.42. The van der Waals surface area contributed by atoms with Gasteiger partial charge >= 0.3 is 5.97 Å². The number of carbonyl (C=O) groups is 1. The number of likely N-dealkylation sites (N-methyl/N-ethyl adjacent to an activating group) is 1. The molecule has 0 amide bonds. The van der Waals surface area contributed by atoms with Crippen LogP contribution in [0.3, 0.4) is 0 Å². The first-order valence-electron chi connectivity index (χ1n) is 3.52. The van der Waals surface area contributed by atoms with Crippen LogP contribution in [0.5, 0.6) is 0 Å². The minimum absolute atomic E-state index is 0.597. The molecule has 3 nitrogen and oxygen atoms in total. The van der Waals surface area contributed by atoms with E-state index in [0.717, 1.165) is 19.4 Å². The lowest BCUT2D eigenvalue weighted by molar-refractivity contribution is -0.147. The number of rotatable bonds is 1. The second kappa shape index (κ2) is 2.23. The van der Waals surface area contributed by atoms with Gasteiger partial charge in [0, 0.05) is 0 Å². The molecule has 0 spiro atoms. The van der Waals surface area contributed by atoms with E-state index in [1.807, 2.05) is 11.9 Å². The molecule has 3 heteroatoms. The highest BCUT2D eigenvalue weighted by Gasteiger charge is 2.40. The van der Waals surface area contributed by atoms with E-state index < -0.39 is 11.5 Å². The van der Waals surface area contributed by atoms with Gasteiger partial charge in [0.25, 0.3) is 0 Å². The van der Waals surface area contributed by atoms with Gasteiger partial charge in [0.2, 0.25) is 0 Å². The van der Waals surface area contributed by atoms with Gasteiger partial charge in [-0.25, -0.2) is 0 Å². The summed E-state index contributed by atoms with van der Waals surface area (Å²) in [5.74, 6) is -0.701. The van der Waals surface area contributed by atoms with E-state index in [9.17, 15) is 4.79 Å². The van der Waals surface area contributed by atoms with E-state index in [0.29, 0.717) is 0 Å². The SMILES string of the molecule is CN1CCCC1(C)C(=O)O. The lowest BCUT2D eigenvalue weighted by Crippen LogP contribution is -2.45. The third-order valence-corrected chi connectivity index (χ3v) is 2.46. The van der Waals surface area contributed by atoms with Crippen LogP contribution in [0.4, 0.5) is 0 Å². The molecule has 10 heavy (non-hydrogen) atoms. The number of nitrogens with zero attached hydrogens (tertiary/aromatic N) is 1. The van der Waals surface area contributed by atoms with E-state index >= 15 is 0 Å². The minimum Gasteiger partial charge on any atom is -0.480 e.